The first-order valence-corrected chi connectivity index (χ1v) is 9.87. The van der Waals surface area contributed by atoms with E-state index in [-0.39, 0.29) is 23.7 Å². The molecule has 0 aromatic heterocycles. The van der Waals surface area contributed by atoms with Gasteiger partial charge in [-0.3, -0.25) is 9.59 Å². The Morgan fingerprint density at radius 3 is 2.21 bits per heavy atom. The predicted molar refractivity (Wildman–Crippen MR) is 116 cm³/mol. The van der Waals surface area contributed by atoms with E-state index in [4.69, 9.17) is 0 Å². The Labute approximate surface area is 168 Å². The van der Waals surface area contributed by atoms with Gasteiger partial charge in [0.15, 0.2) is 0 Å². The van der Waals surface area contributed by atoms with Crippen LogP contribution in [0.4, 0.5) is 5.69 Å². The van der Waals surface area contributed by atoms with Crippen LogP contribution in [-0.2, 0) is 10.2 Å². The van der Waals surface area contributed by atoms with E-state index in [2.05, 4.69) is 45.3 Å². The smallest absolute Gasteiger partial charge is 0.251 e. The van der Waals surface area contributed by atoms with Crippen molar-refractivity contribution < 1.29 is 9.59 Å². The average Bonchev–Trinajstić information content (AvgIpc) is 2.62. The molecule has 0 atom stereocenters. The number of benzene rings is 2. The second-order valence-corrected chi connectivity index (χ2v) is 8.58. The number of hydrogen-bond acceptors (Lipinski definition) is 2. The van der Waals surface area contributed by atoms with Gasteiger partial charge in [0, 0.05) is 24.2 Å². The van der Waals surface area contributed by atoms with Gasteiger partial charge in [0.1, 0.15) is 0 Å². The Hall–Kier alpha value is -2.62. The van der Waals surface area contributed by atoms with Gasteiger partial charge in [0.25, 0.3) is 5.91 Å². The van der Waals surface area contributed by atoms with Crippen molar-refractivity contribution in [1.29, 1.82) is 0 Å². The number of carbonyl (C=O) groups is 2. The molecule has 0 saturated heterocycles. The maximum Gasteiger partial charge on any atom is 0.251 e. The van der Waals surface area contributed by atoms with Crippen LogP contribution in [0.2, 0.25) is 0 Å². The van der Waals surface area contributed by atoms with Gasteiger partial charge >= 0.3 is 0 Å². The third-order valence-corrected chi connectivity index (χ3v) is 4.84. The second-order valence-electron chi connectivity index (χ2n) is 8.58. The lowest BCUT2D eigenvalue weighted by Crippen LogP contribution is -2.28. The van der Waals surface area contributed by atoms with E-state index >= 15 is 0 Å². The number of anilines is 1. The molecule has 0 spiro atoms. The van der Waals surface area contributed by atoms with E-state index in [0.29, 0.717) is 18.0 Å². The molecule has 0 aliphatic rings. The van der Waals surface area contributed by atoms with Crippen molar-refractivity contribution >= 4 is 17.5 Å². The molecule has 2 aromatic carbocycles. The van der Waals surface area contributed by atoms with Crippen LogP contribution < -0.4 is 10.6 Å². The SMILES string of the molecule is Cc1cccc(C(C)C)c1NC(=O)CCNC(=O)c1ccc(C(C)(C)C)cc1. The highest BCUT2D eigenvalue weighted by Crippen LogP contribution is 2.27. The maximum absolute atomic E-state index is 12.4. The Morgan fingerprint density at radius 2 is 1.64 bits per heavy atom. The molecule has 0 aliphatic heterocycles. The molecule has 0 fully saturated rings. The fourth-order valence-corrected chi connectivity index (χ4v) is 3.06. The fourth-order valence-electron chi connectivity index (χ4n) is 3.06. The quantitative estimate of drug-likeness (QED) is 0.726. The summed E-state index contributed by atoms with van der Waals surface area (Å²) in [4.78, 5) is 24.7. The topological polar surface area (TPSA) is 58.2 Å². The van der Waals surface area contributed by atoms with Crippen molar-refractivity contribution in [2.45, 2.75) is 59.3 Å². The molecule has 4 heteroatoms. The van der Waals surface area contributed by atoms with Gasteiger partial charge in [-0.25, -0.2) is 0 Å². The van der Waals surface area contributed by atoms with Crippen LogP contribution >= 0.6 is 0 Å². The molecular weight excluding hydrogens is 348 g/mol. The Morgan fingerprint density at radius 1 is 1.00 bits per heavy atom. The minimum atomic E-state index is -0.160. The maximum atomic E-state index is 12.4. The summed E-state index contributed by atoms with van der Waals surface area (Å²) < 4.78 is 0. The van der Waals surface area contributed by atoms with Crippen molar-refractivity contribution in [2.24, 2.45) is 0 Å². The zero-order valence-corrected chi connectivity index (χ0v) is 17.8. The lowest BCUT2D eigenvalue weighted by atomic mass is 9.87. The highest BCUT2D eigenvalue weighted by molar-refractivity contribution is 5.95. The van der Waals surface area contributed by atoms with Crippen molar-refractivity contribution in [3.8, 4) is 0 Å². The summed E-state index contributed by atoms with van der Waals surface area (Å²) in [5.74, 6) is 0.0672. The highest BCUT2D eigenvalue weighted by atomic mass is 16.2. The normalized spacial score (nSPS) is 11.4. The van der Waals surface area contributed by atoms with Crippen molar-refractivity contribution in [3.05, 3.63) is 64.7 Å². The Kier molecular flexibility index (Phi) is 7.00. The molecule has 2 amide bonds. The van der Waals surface area contributed by atoms with Crippen LogP contribution in [-0.4, -0.2) is 18.4 Å². The average molecular weight is 381 g/mol. The Bertz CT molecular complexity index is 831. The Balaban J connectivity index is 1.90. The molecule has 2 rings (SSSR count). The van der Waals surface area contributed by atoms with E-state index in [1.807, 2.05) is 49.4 Å². The number of carbonyl (C=O) groups excluding carboxylic acids is 2. The largest absolute Gasteiger partial charge is 0.352 e. The number of rotatable bonds is 6. The van der Waals surface area contributed by atoms with E-state index in [9.17, 15) is 9.59 Å². The van der Waals surface area contributed by atoms with E-state index in [0.717, 1.165) is 16.8 Å². The molecular formula is C24H32N2O2. The van der Waals surface area contributed by atoms with Crippen molar-refractivity contribution in [2.75, 3.05) is 11.9 Å². The zero-order chi connectivity index (χ0) is 20.9. The summed E-state index contributed by atoms with van der Waals surface area (Å²) in [7, 11) is 0. The summed E-state index contributed by atoms with van der Waals surface area (Å²) >= 11 is 0. The first kappa shape index (κ1) is 21.7. The van der Waals surface area contributed by atoms with Gasteiger partial charge in [-0.15, -0.1) is 0 Å². The van der Waals surface area contributed by atoms with Crippen LogP contribution in [0.5, 0.6) is 0 Å². The molecule has 150 valence electrons. The van der Waals surface area contributed by atoms with E-state index < -0.39 is 0 Å². The van der Waals surface area contributed by atoms with Gasteiger partial charge in [0.05, 0.1) is 0 Å². The predicted octanol–water partition coefficient (Wildman–Crippen LogP) is 5.17. The molecule has 0 bridgehead atoms. The van der Waals surface area contributed by atoms with Crippen molar-refractivity contribution in [3.63, 3.8) is 0 Å². The fraction of sp³-hybridized carbons (Fsp3) is 0.417. The summed E-state index contributed by atoms with van der Waals surface area (Å²) in [5.41, 5.74) is 4.89. The third-order valence-electron chi connectivity index (χ3n) is 4.84. The minimum absolute atomic E-state index is 0.0531. The number of hydrogen-bond donors (Lipinski definition) is 2. The number of nitrogens with one attached hydrogen (secondary N) is 2. The van der Waals surface area contributed by atoms with Gasteiger partial charge in [0.2, 0.25) is 5.91 Å². The molecule has 0 unspecified atom stereocenters. The summed E-state index contributed by atoms with van der Waals surface area (Å²) in [6.07, 6.45) is 0.234. The van der Waals surface area contributed by atoms with E-state index in [1.165, 1.54) is 5.56 Å². The lowest BCUT2D eigenvalue weighted by Gasteiger charge is -2.19. The highest BCUT2D eigenvalue weighted by Gasteiger charge is 2.15. The first-order valence-electron chi connectivity index (χ1n) is 9.87. The van der Waals surface area contributed by atoms with Gasteiger partial charge in [-0.05, 0) is 47.1 Å². The zero-order valence-electron chi connectivity index (χ0n) is 17.8. The van der Waals surface area contributed by atoms with Crippen LogP contribution in [0.3, 0.4) is 0 Å². The van der Waals surface area contributed by atoms with Gasteiger partial charge in [-0.1, -0.05) is 65.0 Å². The molecule has 28 heavy (non-hydrogen) atoms. The molecule has 2 aromatic rings. The number of aryl methyl sites for hydroxylation is 1. The van der Waals surface area contributed by atoms with Crippen LogP contribution in [0.1, 0.15) is 74.0 Å². The van der Waals surface area contributed by atoms with Gasteiger partial charge < -0.3 is 10.6 Å². The second kappa shape index (κ2) is 9.05. The number of amides is 2. The monoisotopic (exact) mass is 380 g/mol. The molecule has 0 saturated carbocycles. The van der Waals surface area contributed by atoms with Crippen LogP contribution in [0, 0.1) is 6.92 Å². The minimum Gasteiger partial charge on any atom is -0.352 e. The molecule has 0 radical (unpaired) electrons. The molecule has 0 aliphatic carbocycles. The van der Waals surface area contributed by atoms with Gasteiger partial charge in [-0.2, -0.15) is 0 Å². The molecule has 4 nitrogen and oxygen atoms in total. The van der Waals surface area contributed by atoms with Crippen LogP contribution in [0.15, 0.2) is 42.5 Å². The first-order chi connectivity index (χ1) is 13.1. The standard InChI is InChI=1S/C24H32N2O2/c1-16(2)20-9-7-8-17(3)22(20)26-21(27)14-15-25-23(28)18-10-12-19(13-11-18)24(4,5)6/h7-13,16H,14-15H2,1-6H3,(H,25,28)(H,26,27). The molecule has 0 heterocycles. The molecule has 2 N–H and O–H groups in total. The van der Waals surface area contributed by atoms with Crippen LogP contribution in [0.25, 0.3) is 0 Å². The number of para-hydroxylation sites is 1. The van der Waals surface area contributed by atoms with Crippen molar-refractivity contribution in [1.82, 2.24) is 5.32 Å². The summed E-state index contributed by atoms with van der Waals surface area (Å²) in [6.45, 7) is 12.9. The van der Waals surface area contributed by atoms with E-state index in [1.54, 1.807) is 0 Å². The summed E-state index contributed by atoms with van der Waals surface area (Å²) in [5, 5.41) is 5.83. The third kappa shape index (κ3) is 5.69. The summed E-state index contributed by atoms with van der Waals surface area (Å²) in [6, 6.07) is 13.7. The lowest BCUT2D eigenvalue weighted by molar-refractivity contribution is -0.116.